The molecule has 0 N–H and O–H groups in total. The number of aryl methyl sites for hydroxylation is 1. The highest BCUT2D eigenvalue weighted by Crippen LogP contribution is 2.32. The molecule has 0 radical (unpaired) electrons. The normalized spacial score (nSPS) is 15.1. The first-order chi connectivity index (χ1) is 16.0. The van der Waals surface area contributed by atoms with E-state index in [0.717, 1.165) is 28.8 Å². The Hall–Kier alpha value is -3.43. The van der Waals surface area contributed by atoms with E-state index in [1.54, 1.807) is 6.20 Å². The number of alkyl halides is 3. The second kappa shape index (κ2) is 9.08. The smallest absolute Gasteiger partial charge is 0.300 e. The van der Waals surface area contributed by atoms with E-state index in [0.29, 0.717) is 30.7 Å². The van der Waals surface area contributed by atoms with Gasteiger partial charge in [-0.2, -0.15) is 18.3 Å². The Morgan fingerprint density at radius 2 is 1.79 bits per heavy atom. The number of halogens is 4. The molecule has 1 saturated carbocycles. The van der Waals surface area contributed by atoms with Gasteiger partial charge >= 0.3 is 6.18 Å². The summed E-state index contributed by atoms with van der Waals surface area (Å²) in [4.78, 5) is 32.5. The lowest BCUT2D eigenvalue weighted by atomic mass is 9.84. The van der Waals surface area contributed by atoms with Crippen LogP contribution in [-0.4, -0.2) is 31.3 Å². The summed E-state index contributed by atoms with van der Waals surface area (Å²) in [5.41, 5.74) is 1.87. The molecule has 3 aromatic heterocycles. The summed E-state index contributed by atoms with van der Waals surface area (Å²) in [5.74, 6) is -1.39. The van der Waals surface area contributed by atoms with Crippen molar-refractivity contribution in [1.29, 1.82) is 0 Å². The van der Waals surface area contributed by atoms with Gasteiger partial charge in [0.1, 0.15) is 5.78 Å². The van der Waals surface area contributed by atoms with E-state index in [2.05, 4.69) is 15.1 Å². The minimum Gasteiger partial charge on any atom is -0.300 e. The predicted molar refractivity (Wildman–Crippen MR) is 114 cm³/mol. The van der Waals surface area contributed by atoms with E-state index in [4.69, 9.17) is 0 Å². The first kappa shape index (κ1) is 23.7. The number of pyridine rings is 2. The van der Waals surface area contributed by atoms with Crippen LogP contribution < -0.4 is 0 Å². The number of nitrogens with zero attached hydrogens (tertiary/aromatic N) is 4. The third kappa shape index (κ3) is 4.76. The van der Waals surface area contributed by atoms with Gasteiger partial charge in [-0.3, -0.25) is 14.6 Å². The molecule has 3 heterocycles. The van der Waals surface area contributed by atoms with E-state index >= 15 is 0 Å². The quantitative estimate of drug-likeness (QED) is 0.380. The van der Waals surface area contributed by atoms with Crippen molar-refractivity contribution in [2.45, 2.75) is 58.0 Å². The van der Waals surface area contributed by atoms with Crippen LogP contribution >= 0.6 is 0 Å². The molecule has 0 saturated heterocycles. The molecule has 10 heteroatoms. The number of ketones is 2. The minimum absolute atomic E-state index is 0.0345. The van der Waals surface area contributed by atoms with Crippen LogP contribution in [0.2, 0.25) is 0 Å². The molecule has 0 amide bonds. The van der Waals surface area contributed by atoms with Crippen LogP contribution in [0.4, 0.5) is 17.6 Å². The maximum absolute atomic E-state index is 14.3. The van der Waals surface area contributed by atoms with Crippen molar-refractivity contribution < 1.29 is 27.2 Å². The van der Waals surface area contributed by atoms with E-state index in [1.807, 2.05) is 13.0 Å². The number of carbonyl (C=O) groups excluding carboxylic acids is 2. The summed E-state index contributed by atoms with van der Waals surface area (Å²) in [6.07, 6.45) is 1.41. The molecular weight excluding hydrogens is 452 g/mol. The molecule has 0 atom stereocenters. The average molecular weight is 474 g/mol. The number of rotatable bonds is 5. The molecule has 3 aromatic rings. The van der Waals surface area contributed by atoms with Gasteiger partial charge in [0.15, 0.2) is 17.4 Å². The van der Waals surface area contributed by atoms with Gasteiger partial charge < -0.3 is 0 Å². The minimum atomic E-state index is -4.72. The molecule has 4 rings (SSSR count). The average Bonchev–Trinajstić information content (AvgIpc) is 3.15. The maximum Gasteiger partial charge on any atom is 0.417 e. The number of hydrogen-bond donors (Lipinski definition) is 0. The van der Waals surface area contributed by atoms with Crippen molar-refractivity contribution in [3.8, 4) is 5.82 Å². The molecule has 0 aromatic carbocycles. The zero-order chi connectivity index (χ0) is 24.6. The summed E-state index contributed by atoms with van der Waals surface area (Å²) in [5, 5.41) is 3.97. The fourth-order valence-electron chi connectivity index (χ4n) is 4.30. The van der Waals surface area contributed by atoms with Crippen LogP contribution in [0.25, 0.3) is 5.82 Å². The first-order valence-corrected chi connectivity index (χ1v) is 10.8. The van der Waals surface area contributed by atoms with Crippen molar-refractivity contribution in [2.75, 3.05) is 0 Å². The molecule has 1 aliphatic carbocycles. The van der Waals surface area contributed by atoms with Crippen LogP contribution in [0.15, 0.2) is 30.7 Å². The third-order valence-electron chi connectivity index (χ3n) is 6.13. The molecule has 0 bridgehead atoms. The monoisotopic (exact) mass is 474 g/mol. The summed E-state index contributed by atoms with van der Waals surface area (Å²) in [7, 11) is 0. The Morgan fingerprint density at radius 1 is 1.09 bits per heavy atom. The van der Waals surface area contributed by atoms with Crippen LogP contribution in [0.3, 0.4) is 0 Å². The van der Waals surface area contributed by atoms with Gasteiger partial charge in [0.05, 0.1) is 23.0 Å². The van der Waals surface area contributed by atoms with Gasteiger partial charge in [-0.15, -0.1) is 0 Å². The summed E-state index contributed by atoms with van der Waals surface area (Å²) < 4.78 is 53.7. The highest BCUT2D eigenvalue weighted by atomic mass is 19.4. The van der Waals surface area contributed by atoms with E-state index in [1.165, 1.54) is 13.1 Å². The second-order valence-corrected chi connectivity index (χ2v) is 8.54. The standard InChI is InChI=1S/C24H22F4N4O2/c1-13-7-15(10-29-22(13)16-3-5-18(33)6-4-16)8-21(34)19-12-31-32(14(19)2)23-20(25)9-17(11-30-23)24(26,27)28/h7,9-12,16H,3-6,8H2,1-2H3. The van der Waals surface area contributed by atoms with Crippen molar-refractivity contribution in [3.63, 3.8) is 0 Å². The fourth-order valence-corrected chi connectivity index (χ4v) is 4.30. The van der Waals surface area contributed by atoms with Crippen LogP contribution in [0.5, 0.6) is 0 Å². The molecule has 178 valence electrons. The van der Waals surface area contributed by atoms with E-state index in [-0.39, 0.29) is 35.2 Å². The van der Waals surface area contributed by atoms with Crippen molar-refractivity contribution in [2.24, 2.45) is 0 Å². The Bertz CT molecular complexity index is 1260. The van der Waals surface area contributed by atoms with Gasteiger partial charge in [-0.05, 0) is 43.9 Å². The van der Waals surface area contributed by atoms with Crippen molar-refractivity contribution >= 4 is 11.6 Å². The maximum atomic E-state index is 14.3. The lowest BCUT2D eigenvalue weighted by Crippen LogP contribution is -2.15. The molecule has 1 fully saturated rings. The summed E-state index contributed by atoms with van der Waals surface area (Å²) in [6, 6.07) is 2.25. The summed E-state index contributed by atoms with van der Waals surface area (Å²) in [6.45, 7) is 3.45. The Morgan fingerprint density at radius 3 is 2.41 bits per heavy atom. The van der Waals surface area contributed by atoms with Gasteiger partial charge in [-0.1, -0.05) is 6.07 Å². The molecular formula is C24H22F4N4O2. The SMILES string of the molecule is Cc1cc(CC(=O)c2cnn(-c3ncc(C(F)(F)F)cc3F)c2C)cnc1C1CCC(=O)CC1. The number of aromatic nitrogens is 4. The zero-order valence-electron chi connectivity index (χ0n) is 18.6. The van der Waals surface area contributed by atoms with Gasteiger partial charge in [0.25, 0.3) is 0 Å². The van der Waals surface area contributed by atoms with Crippen molar-refractivity contribution in [1.82, 2.24) is 19.7 Å². The highest BCUT2D eigenvalue weighted by molar-refractivity contribution is 5.98. The van der Waals surface area contributed by atoms with Crippen LogP contribution in [-0.2, 0) is 17.4 Å². The lowest BCUT2D eigenvalue weighted by Gasteiger charge is -2.22. The summed E-state index contributed by atoms with van der Waals surface area (Å²) >= 11 is 0. The Labute approximate surface area is 193 Å². The molecule has 6 nitrogen and oxygen atoms in total. The lowest BCUT2D eigenvalue weighted by molar-refractivity contribution is -0.138. The van der Waals surface area contributed by atoms with E-state index < -0.39 is 23.4 Å². The number of carbonyl (C=O) groups is 2. The Kier molecular flexibility index (Phi) is 6.33. The first-order valence-electron chi connectivity index (χ1n) is 10.8. The second-order valence-electron chi connectivity index (χ2n) is 8.54. The fraction of sp³-hybridized carbons (Fsp3) is 0.375. The number of hydrogen-bond acceptors (Lipinski definition) is 5. The topological polar surface area (TPSA) is 77.7 Å². The molecule has 34 heavy (non-hydrogen) atoms. The Balaban J connectivity index is 1.52. The van der Waals surface area contributed by atoms with Gasteiger partial charge in [-0.25, -0.2) is 14.1 Å². The van der Waals surface area contributed by atoms with Crippen LogP contribution in [0, 0.1) is 19.7 Å². The molecule has 0 unspecified atom stereocenters. The largest absolute Gasteiger partial charge is 0.417 e. The zero-order valence-corrected chi connectivity index (χ0v) is 18.6. The van der Waals surface area contributed by atoms with Gasteiger partial charge in [0.2, 0.25) is 0 Å². The highest BCUT2D eigenvalue weighted by Gasteiger charge is 2.32. The van der Waals surface area contributed by atoms with Crippen molar-refractivity contribution in [3.05, 3.63) is 70.2 Å². The molecule has 0 aliphatic heterocycles. The molecule has 0 spiro atoms. The van der Waals surface area contributed by atoms with E-state index in [9.17, 15) is 27.2 Å². The number of Topliss-reactive ketones (excluding diaryl/α,β-unsaturated/α-hetero) is 2. The third-order valence-corrected chi connectivity index (χ3v) is 6.13. The van der Waals surface area contributed by atoms with Gasteiger partial charge in [0, 0.05) is 43.3 Å². The predicted octanol–water partition coefficient (Wildman–Crippen LogP) is 5.09. The molecule has 1 aliphatic rings. The van der Waals surface area contributed by atoms with Crippen LogP contribution in [0.1, 0.15) is 70.0 Å².